The van der Waals surface area contributed by atoms with E-state index in [9.17, 15) is 14.7 Å². The van der Waals surface area contributed by atoms with Crippen molar-refractivity contribution in [3.05, 3.63) is 61.5 Å². The van der Waals surface area contributed by atoms with Crippen LogP contribution in [0.2, 0.25) is 5.02 Å². The average Bonchev–Trinajstić information content (AvgIpc) is 2.81. The highest BCUT2D eigenvalue weighted by atomic mass is 35.5. The average molecular weight is 391 g/mol. The van der Waals surface area contributed by atoms with Crippen LogP contribution in [0.1, 0.15) is 35.7 Å². The number of carbonyl (C=O) groups is 1. The summed E-state index contributed by atoms with van der Waals surface area (Å²) < 4.78 is 1.30. The van der Waals surface area contributed by atoms with Crippen molar-refractivity contribution in [3.63, 3.8) is 0 Å². The predicted octanol–water partition coefficient (Wildman–Crippen LogP) is 4.14. The van der Waals surface area contributed by atoms with Crippen molar-refractivity contribution in [1.82, 2.24) is 9.55 Å². The first-order valence-electron chi connectivity index (χ1n) is 8.13. The van der Waals surface area contributed by atoms with Gasteiger partial charge >= 0.3 is 5.97 Å². The topological polar surface area (TPSA) is 72.2 Å². The zero-order chi connectivity index (χ0) is 19.2. The van der Waals surface area contributed by atoms with Crippen LogP contribution in [0.4, 0.5) is 0 Å². The van der Waals surface area contributed by atoms with Crippen molar-refractivity contribution in [3.8, 4) is 0 Å². The lowest BCUT2D eigenvalue weighted by atomic mass is 10.0. The Morgan fingerprint density at radius 1 is 1.35 bits per heavy atom. The zero-order valence-corrected chi connectivity index (χ0v) is 16.5. The fraction of sp³-hybridized carbons (Fsp3) is 0.316. The summed E-state index contributed by atoms with van der Waals surface area (Å²) in [5, 5.41) is 10.8. The fourth-order valence-electron chi connectivity index (χ4n) is 2.96. The van der Waals surface area contributed by atoms with E-state index in [1.807, 2.05) is 26.0 Å². The van der Waals surface area contributed by atoms with Crippen LogP contribution >= 0.6 is 22.9 Å². The van der Waals surface area contributed by atoms with Crippen LogP contribution in [0.25, 0.3) is 10.2 Å². The highest BCUT2D eigenvalue weighted by Gasteiger charge is 2.34. The molecule has 0 aliphatic heterocycles. The van der Waals surface area contributed by atoms with Crippen molar-refractivity contribution in [2.75, 3.05) is 0 Å². The number of hydrogen-bond donors (Lipinski definition) is 1. The van der Waals surface area contributed by atoms with E-state index in [1.54, 1.807) is 12.1 Å². The Kier molecular flexibility index (Phi) is 4.67. The van der Waals surface area contributed by atoms with Gasteiger partial charge in [-0.3, -0.25) is 9.36 Å². The fourth-order valence-corrected chi connectivity index (χ4v) is 4.21. The lowest BCUT2D eigenvalue weighted by Gasteiger charge is -2.25. The highest BCUT2D eigenvalue weighted by Crippen LogP contribution is 2.28. The number of rotatable bonds is 4. The summed E-state index contributed by atoms with van der Waals surface area (Å²) in [5.41, 5.74) is -0.0224. The summed E-state index contributed by atoms with van der Waals surface area (Å²) in [6.07, 6.45) is 0.318. The molecule has 2 aromatic heterocycles. The van der Waals surface area contributed by atoms with Gasteiger partial charge in [-0.05, 0) is 51.0 Å². The summed E-state index contributed by atoms with van der Waals surface area (Å²) >= 11 is 7.51. The monoisotopic (exact) mass is 390 g/mol. The molecule has 1 N–H and O–H groups in total. The molecule has 0 aliphatic carbocycles. The number of halogens is 1. The SMILES string of the molecule is Cc1sc2nc(Cc3cccc(Cl)c3)n(C(C)(C)C(=O)O)c(=O)c2c1C. The third-order valence-electron chi connectivity index (χ3n) is 4.61. The van der Waals surface area contributed by atoms with Crippen molar-refractivity contribution < 1.29 is 9.90 Å². The summed E-state index contributed by atoms with van der Waals surface area (Å²) in [4.78, 5) is 31.4. The molecule has 0 spiro atoms. The highest BCUT2D eigenvalue weighted by molar-refractivity contribution is 7.18. The van der Waals surface area contributed by atoms with Gasteiger partial charge in [0.2, 0.25) is 0 Å². The van der Waals surface area contributed by atoms with Gasteiger partial charge in [0.1, 0.15) is 16.2 Å². The van der Waals surface area contributed by atoms with Gasteiger partial charge in [-0.25, -0.2) is 9.78 Å². The standard InChI is InChI=1S/C19H19ClN2O3S/c1-10-11(2)26-16-15(10)17(23)22(19(3,4)18(24)25)14(21-16)9-12-6-5-7-13(20)8-12/h5-8H,9H2,1-4H3,(H,24,25). The van der Waals surface area contributed by atoms with Gasteiger partial charge in [0.05, 0.1) is 5.39 Å². The lowest BCUT2D eigenvalue weighted by molar-refractivity contribution is -0.146. The Hall–Kier alpha value is -2.18. The Labute approximate surface area is 159 Å². The molecule has 0 saturated heterocycles. The van der Waals surface area contributed by atoms with Crippen LogP contribution in [-0.4, -0.2) is 20.6 Å². The molecule has 3 rings (SSSR count). The van der Waals surface area contributed by atoms with Crippen LogP contribution in [0.3, 0.4) is 0 Å². The molecule has 0 bridgehead atoms. The van der Waals surface area contributed by atoms with Gasteiger partial charge in [0, 0.05) is 16.3 Å². The summed E-state index contributed by atoms with van der Waals surface area (Å²) in [7, 11) is 0. The van der Waals surface area contributed by atoms with E-state index in [0.717, 1.165) is 16.0 Å². The number of carboxylic acids is 1. The van der Waals surface area contributed by atoms with Gasteiger partial charge in [0.25, 0.3) is 5.56 Å². The second-order valence-corrected chi connectivity index (χ2v) is 8.44. The number of carboxylic acid groups (broad SMARTS) is 1. The molecule has 0 amide bonds. The normalized spacial score (nSPS) is 11.9. The molecule has 0 fully saturated rings. The number of nitrogens with zero attached hydrogens (tertiary/aromatic N) is 2. The minimum Gasteiger partial charge on any atom is -0.480 e. The maximum Gasteiger partial charge on any atom is 0.329 e. The molecule has 5 nitrogen and oxygen atoms in total. The number of aromatic nitrogens is 2. The van der Waals surface area contributed by atoms with Crippen LogP contribution in [0.5, 0.6) is 0 Å². The Morgan fingerprint density at radius 2 is 2.04 bits per heavy atom. The number of aliphatic carboxylic acids is 1. The quantitative estimate of drug-likeness (QED) is 0.726. The van der Waals surface area contributed by atoms with Gasteiger partial charge in [0.15, 0.2) is 0 Å². The second kappa shape index (κ2) is 6.52. The van der Waals surface area contributed by atoms with Crippen LogP contribution < -0.4 is 5.56 Å². The Bertz CT molecular complexity index is 1080. The van der Waals surface area contributed by atoms with Crippen LogP contribution in [0, 0.1) is 13.8 Å². The van der Waals surface area contributed by atoms with Crippen molar-refractivity contribution >= 4 is 39.1 Å². The molecule has 1 aromatic carbocycles. The summed E-state index contributed by atoms with van der Waals surface area (Å²) in [6, 6.07) is 7.26. The predicted molar refractivity (Wildman–Crippen MR) is 105 cm³/mol. The second-order valence-electron chi connectivity index (χ2n) is 6.80. The van der Waals surface area contributed by atoms with Crippen molar-refractivity contribution in [2.45, 2.75) is 39.7 Å². The van der Waals surface area contributed by atoms with Crippen LogP contribution in [-0.2, 0) is 16.8 Å². The minimum atomic E-state index is -1.42. The van der Waals surface area contributed by atoms with E-state index in [1.165, 1.54) is 29.8 Å². The van der Waals surface area contributed by atoms with Gasteiger partial charge in [-0.2, -0.15) is 0 Å². The first kappa shape index (κ1) is 18.6. The molecule has 2 heterocycles. The minimum absolute atomic E-state index is 0.318. The summed E-state index contributed by atoms with van der Waals surface area (Å²) in [5.74, 6) is -0.670. The third kappa shape index (κ3) is 3.04. The molecule has 136 valence electrons. The molecule has 26 heavy (non-hydrogen) atoms. The van der Waals surface area contributed by atoms with Crippen molar-refractivity contribution in [1.29, 1.82) is 0 Å². The number of benzene rings is 1. The van der Waals surface area contributed by atoms with E-state index >= 15 is 0 Å². The Morgan fingerprint density at radius 3 is 2.65 bits per heavy atom. The summed E-state index contributed by atoms with van der Waals surface area (Å²) in [6.45, 7) is 6.83. The van der Waals surface area contributed by atoms with Crippen LogP contribution in [0.15, 0.2) is 29.1 Å². The largest absolute Gasteiger partial charge is 0.480 e. The third-order valence-corrected chi connectivity index (χ3v) is 5.94. The molecular formula is C19H19ClN2O3S. The first-order chi connectivity index (χ1) is 12.1. The number of aryl methyl sites for hydroxylation is 2. The molecule has 0 saturated carbocycles. The maximum absolute atomic E-state index is 13.2. The molecule has 0 aliphatic rings. The zero-order valence-electron chi connectivity index (χ0n) is 15.0. The molecular weight excluding hydrogens is 372 g/mol. The lowest BCUT2D eigenvalue weighted by Crippen LogP contribution is -2.45. The van der Waals surface area contributed by atoms with Crippen molar-refractivity contribution in [2.24, 2.45) is 0 Å². The van der Waals surface area contributed by atoms with Gasteiger partial charge in [-0.1, -0.05) is 23.7 Å². The smallest absolute Gasteiger partial charge is 0.329 e. The number of fused-ring (bicyclic) bond motifs is 1. The molecule has 3 aromatic rings. The van der Waals surface area contributed by atoms with E-state index in [-0.39, 0.29) is 5.56 Å². The first-order valence-corrected chi connectivity index (χ1v) is 9.32. The molecule has 7 heteroatoms. The van der Waals surface area contributed by atoms with E-state index in [2.05, 4.69) is 4.98 Å². The Balaban J connectivity index is 2.33. The molecule has 0 radical (unpaired) electrons. The van der Waals surface area contributed by atoms with E-state index in [4.69, 9.17) is 11.6 Å². The molecule has 0 unspecified atom stereocenters. The van der Waals surface area contributed by atoms with E-state index in [0.29, 0.717) is 27.5 Å². The molecule has 0 atom stereocenters. The van der Waals surface area contributed by atoms with Gasteiger partial charge in [-0.15, -0.1) is 11.3 Å². The maximum atomic E-state index is 13.2. The van der Waals surface area contributed by atoms with Gasteiger partial charge < -0.3 is 5.11 Å². The van der Waals surface area contributed by atoms with E-state index < -0.39 is 11.5 Å². The number of thiophene rings is 1. The number of hydrogen-bond acceptors (Lipinski definition) is 4.